The van der Waals surface area contributed by atoms with Crippen molar-refractivity contribution in [3.8, 4) is 11.5 Å². The Morgan fingerprint density at radius 2 is 1.78 bits per heavy atom. The maximum atomic E-state index is 12.4. The fourth-order valence-corrected chi connectivity index (χ4v) is 2.35. The van der Waals surface area contributed by atoms with Gasteiger partial charge in [-0.05, 0) is 62.6 Å². The highest BCUT2D eigenvalue weighted by molar-refractivity contribution is 5.95. The standard InChI is InChI=1S/C19H23NO3/c1-12-10-13(2)14(3)18(11-12)23-15(4)19(21)20-16-8-6-7-9-17(16)22-5/h6-11,15H,1-5H3,(H,20,21)/t15-/m1/s1. The summed E-state index contributed by atoms with van der Waals surface area (Å²) in [6, 6.07) is 11.3. The number of carbonyl (C=O) groups excluding carboxylic acids is 1. The minimum Gasteiger partial charge on any atom is -0.495 e. The van der Waals surface area contributed by atoms with Crippen LogP contribution >= 0.6 is 0 Å². The quantitative estimate of drug-likeness (QED) is 0.906. The first kappa shape index (κ1) is 16.9. The molecule has 0 spiro atoms. The van der Waals surface area contributed by atoms with E-state index in [1.807, 2.05) is 39.0 Å². The summed E-state index contributed by atoms with van der Waals surface area (Å²) in [5.41, 5.74) is 3.94. The van der Waals surface area contributed by atoms with Gasteiger partial charge < -0.3 is 14.8 Å². The monoisotopic (exact) mass is 313 g/mol. The molecule has 0 bridgehead atoms. The third-order valence-corrected chi connectivity index (χ3v) is 3.80. The first-order valence-electron chi connectivity index (χ1n) is 7.60. The number of hydrogen-bond acceptors (Lipinski definition) is 3. The summed E-state index contributed by atoms with van der Waals surface area (Å²) in [5.74, 6) is 1.15. The van der Waals surface area contributed by atoms with Crippen molar-refractivity contribution < 1.29 is 14.3 Å². The van der Waals surface area contributed by atoms with Crippen LogP contribution in [-0.2, 0) is 4.79 Å². The molecule has 0 aliphatic rings. The molecule has 0 unspecified atom stereocenters. The van der Waals surface area contributed by atoms with E-state index in [4.69, 9.17) is 9.47 Å². The molecule has 0 heterocycles. The molecule has 23 heavy (non-hydrogen) atoms. The molecule has 0 aromatic heterocycles. The zero-order valence-electron chi connectivity index (χ0n) is 14.3. The third-order valence-electron chi connectivity index (χ3n) is 3.80. The minimum absolute atomic E-state index is 0.215. The lowest BCUT2D eigenvalue weighted by Crippen LogP contribution is -2.30. The van der Waals surface area contributed by atoms with Gasteiger partial charge in [-0.2, -0.15) is 0 Å². The number of aryl methyl sites for hydroxylation is 2. The Balaban J connectivity index is 2.12. The van der Waals surface area contributed by atoms with E-state index in [2.05, 4.69) is 11.4 Å². The van der Waals surface area contributed by atoms with Gasteiger partial charge in [0, 0.05) is 0 Å². The van der Waals surface area contributed by atoms with Crippen molar-refractivity contribution in [3.63, 3.8) is 0 Å². The zero-order chi connectivity index (χ0) is 17.0. The summed E-state index contributed by atoms with van der Waals surface area (Å²) < 4.78 is 11.1. The Labute approximate surface area is 137 Å². The van der Waals surface area contributed by atoms with E-state index in [-0.39, 0.29) is 5.91 Å². The molecule has 2 rings (SSSR count). The Bertz CT molecular complexity index is 710. The fourth-order valence-electron chi connectivity index (χ4n) is 2.35. The first-order chi connectivity index (χ1) is 10.9. The molecule has 2 aromatic rings. The van der Waals surface area contributed by atoms with Crippen molar-refractivity contribution in [2.75, 3.05) is 12.4 Å². The molecule has 0 fully saturated rings. The SMILES string of the molecule is COc1ccccc1NC(=O)[C@@H](C)Oc1cc(C)cc(C)c1C. The van der Waals surface area contributed by atoms with Gasteiger partial charge in [0.15, 0.2) is 6.10 Å². The highest BCUT2D eigenvalue weighted by Crippen LogP contribution is 2.26. The number of ether oxygens (including phenoxy) is 2. The second-order valence-corrected chi connectivity index (χ2v) is 5.65. The molecule has 0 radical (unpaired) electrons. The van der Waals surface area contributed by atoms with Crippen molar-refractivity contribution in [1.29, 1.82) is 0 Å². The summed E-state index contributed by atoms with van der Waals surface area (Å²) in [6.45, 7) is 7.78. The lowest BCUT2D eigenvalue weighted by Gasteiger charge is -2.18. The molecule has 2 aromatic carbocycles. The average molecular weight is 313 g/mol. The van der Waals surface area contributed by atoms with Gasteiger partial charge in [-0.1, -0.05) is 18.2 Å². The molecule has 1 atom stereocenters. The van der Waals surface area contributed by atoms with Crippen LogP contribution in [0.25, 0.3) is 0 Å². The smallest absolute Gasteiger partial charge is 0.265 e. The van der Waals surface area contributed by atoms with E-state index in [9.17, 15) is 4.79 Å². The number of amides is 1. The molecule has 0 aliphatic heterocycles. The van der Waals surface area contributed by atoms with Crippen LogP contribution in [0.1, 0.15) is 23.6 Å². The van der Waals surface area contributed by atoms with Gasteiger partial charge in [0.25, 0.3) is 5.91 Å². The number of rotatable bonds is 5. The van der Waals surface area contributed by atoms with E-state index in [0.29, 0.717) is 11.4 Å². The maximum Gasteiger partial charge on any atom is 0.265 e. The zero-order valence-corrected chi connectivity index (χ0v) is 14.3. The maximum absolute atomic E-state index is 12.4. The molecule has 1 amide bonds. The van der Waals surface area contributed by atoms with Crippen molar-refractivity contribution in [3.05, 3.63) is 53.1 Å². The van der Waals surface area contributed by atoms with Crippen molar-refractivity contribution in [1.82, 2.24) is 0 Å². The van der Waals surface area contributed by atoms with Crippen LogP contribution in [0.5, 0.6) is 11.5 Å². The molecule has 0 saturated carbocycles. The number of anilines is 1. The van der Waals surface area contributed by atoms with Gasteiger partial charge in [0.05, 0.1) is 12.8 Å². The molecular weight excluding hydrogens is 290 g/mol. The van der Waals surface area contributed by atoms with Crippen molar-refractivity contribution >= 4 is 11.6 Å². The molecular formula is C19H23NO3. The minimum atomic E-state index is -0.611. The normalized spacial score (nSPS) is 11.7. The fraction of sp³-hybridized carbons (Fsp3) is 0.316. The number of benzene rings is 2. The van der Waals surface area contributed by atoms with E-state index < -0.39 is 6.10 Å². The predicted octanol–water partition coefficient (Wildman–Crippen LogP) is 4.03. The Hall–Kier alpha value is -2.49. The van der Waals surface area contributed by atoms with Crippen molar-refractivity contribution in [2.45, 2.75) is 33.8 Å². The number of methoxy groups -OCH3 is 1. The average Bonchev–Trinajstić information content (AvgIpc) is 2.52. The van der Waals surface area contributed by atoms with Crippen LogP contribution in [0, 0.1) is 20.8 Å². The summed E-state index contributed by atoms with van der Waals surface area (Å²) in [7, 11) is 1.57. The molecule has 4 heteroatoms. The number of carbonyl (C=O) groups is 1. The Morgan fingerprint density at radius 3 is 2.48 bits per heavy atom. The highest BCUT2D eigenvalue weighted by atomic mass is 16.5. The second kappa shape index (κ2) is 7.18. The number of nitrogens with one attached hydrogen (secondary N) is 1. The second-order valence-electron chi connectivity index (χ2n) is 5.65. The number of para-hydroxylation sites is 2. The van der Waals surface area contributed by atoms with Gasteiger partial charge in [-0.25, -0.2) is 0 Å². The Kier molecular flexibility index (Phi) is 5.27. The molecule has 0 saturated heterocycles. The van der Waals surface area contributed by atoms with E-state index in [1.165, 1.54) is 0 Å². The molecule has 1 N–H and O–H groups in total. The van der Waals surface area contributed by atoms with Crippen LogP contribution in [0.3, 0.4) is 0 Å². The lowest BCUT2D eigenvalue weighted by molar-refractivity contribution is -0.122. The van der Waals surface area contributed by atoms with Gasteiger partial charge >= 0.3 is 0 Å². The van der Waals surface area contributed by atoms with Gasteiger partial charge in [-0.3, -0.25) is 4.79 Å². The summed E-state index contributed by atoms with van der Waals surface area (Å²) >= 11 is 0. The summed E-state index contributed by atoms with van der Waals surface area (Å²) in [5, 5.41) is 2.84. The predicted molar refractivity (Wildman–Crippen MR) is 92.4 cm³/mol. The van der Waals surface area contributed by atoms with E-state index >= 15 is 0 Å². The number of hydrogen-bond donors (Lipinski definition) is 1. The summed E-state index contributed by atoms with van der Waals surface area (Å²) in [4.78, 5) is 12.4. The van der Waals surface area contributed by atoms with Crippen LogP contribution in [0.4, 0.5) is 5.69 Å². The van der Waals surface area contributed by atoms with Crippen molar-refractivity contribution in [2.24, 2.45) is 0 Å². The molecule has 4 nitrogen and oxygen atoms in total. The van der Waals surface area contributed by atoms with Crippen LogP contribution < -0.4 is 14.8 Å². The molecule has 122 valence electrons. The third kappa shape index (κ3) is 4.03. The van der Waals surface area contributed by atoms with E-state index in [0.717, 1.165) is 22.4 Å². The topological polar surface area (TPSA) is 47.6 Å². The summed E-state index contributed by atoms with van der Waals surface area (Å²) in [6.07, 6.45) is -0.611. The Morgan fingerprint density at radius 1 is 1.09 bits per heavy atom. The van der Waals surface area contributed by atoms with Crippen LogP contribution in [-0.4, -0.2) is 19.1 Å². The van der Waals surface area contributed by atoms with Gasteiger partial charge in [0.1, 0.15) is 11.5 Å². The first-order valence-corrected chi connectivity index (χ1v) is 7.60. The highest BCUT2D eigenvalue weighted by Gasteiger charge is 2.18. The van der Waals surface area contributed by atoms with Gasteiger partial charge in [-0.15, -0.1) is 0 Å². The lowest BCUT2D eigenvalue weighted by atomic mass is 10.1. The van der Waals surface area contributed by atoms with Crippen LogP contribution in [0.15, 0.2) is 36.4 Å². The van der Waals surface area contributed by atoms with Gasteiger partial charge in [0.2, 0.25) is 0 Å². The largest absolute Gasteiger partial charge is 0.495 e. The van der Waals surface area contributed by atoms with E-state index in [1.54, 1.807) is 26.2 Å². The van der Waals surface area contributed by atoms with Crippen LogP contribution in [0.2, 0.25) is 0 Å². The molecule has 0 aliphatic carbocycles.